The molecule has 106 valence electrons. The van der Waals surface area contributed by atoms with Gasteiger partial charge in [0.1, 0.15) is 0 Å². The van der Waals surface area contributed by atoms with Crippen LogP contribution in [-0.4, -0.2) is 22.8 Å². The van der Waals surface area contributed by atoms with Gasteiger partial charge in [-0.15, -0.1) is 11.3 Å². The number of pyridine rings is 1. The first-order valence-corrected chi connectivity index (χ1v) is 6.86. The Labute approximate surface area is 120 Å². The van der Waals surface area contributed by atoms with E-state index in [0.717, 1.165) is 4.88 Å². The molecule has 0 fully saturated rings. The number of hydrogen-bond donors (Lipinski definition) is 2. The van der Waals surface area contributed by atoms with Gasteiger partial charge in [-0.3, -0.25) is 4.79 Å². The molecule has 20 heavy (non-hydrogen) atoms. The number of anilines is 1. The van der Waals surface area contributed by atoms with E-state index >= 15 is 0 Å². The zero-order valence-corrected chi connectivity index (χ0v) is 11.9. The summed E-state index contributed by atoms with van der Waals surface area (Å²) in [6.07, 6.45) is 1.34. The minimum atomic E-state index is -0.745. The Morgan fingerprint density at radius 1 is 1.55 bits per heavy atom. The van der Waals surface area contributed by atoms with Crippen molar-refractivity contribution in [2.45, 2.75) is 13.0 Å². The van der Waals surface area contributed by atoms with Gasteiger partial charge in [-0.05, 0) is 24.4 Å². The van der Waals surface area contributed by atoms with E-state index in [1.165, 1.54) is 17.2 Å². The van der Waals surface area contributed by atoms with Gasteiger partial charge in [0.05, 0.1) is 11.6 Å². The van der Waals surface area contributed by atoms with Gasteiger partial charge >= 0.3 is 0 Å². The molecule has 7 heteroatoms. The van der Waals surface area contributed by atoms with Crippen LogP contribution in [-0.2, 0) is 0 Å². The smallest absolute Gasteiger partial charge is 0.257 e. The van der Waals surface area contributed by atoms with Crippen LogP contribution in [0.3, 0.4) is 0 Å². The Balaban J connectivity index is 2.27. The molecule has 1 amide bonds. The SMILES string of the molecule is CC(c1cccs1)N(C)C(=O)c1ccnc(NN)c1F. The summed E-state index contributed by atoms with van der Waals surface area (Å²) in [5.41, 5.74) is 2.07. The van der Waals surface area contributed by atoms with E-state index in [-0.39, 0.29) is 17.4 Å². The Morgan fingerprint density at radius 2 is 2.30 bits per heavy atom. The predicted octanol–water partition coefficient (Wildman–Crippen LogP) is 2.40. The Morgan fingerprint density at radius 3 is 2.90 bits per heavy atom. The molecule has 0 aliphatic heterocycles. The molecule has 2 aromatic heterocycles. The van der Waals surface area contributed by atoms with E-state index in [4.69, 9.17) is 5.84 Å². The van der Waals surface area contributed by atoms with Crippen LogP contribution >= 0.6 is 11.3 Å². The van der Waals surface area contributed by atoms with Crippen molar-refractivity contribution in [3.8, 4) is 0 Å². The molecule has 0 saturated carbocycles. The second-order valence-corrected chi connectivity index (χ2v) is 5.25. The van der Waals surface area contributed by atoms with Crippen LogP contribution in [0.4, 0.5) is 10.2 Å². The number of nitrogens with two attached hydrogens (primary N) is 1. The van der Waals surface area contributed by atoms with Gasteiger partial charge in [0.15, 0.2) is 11.6 Å². The van der Waals surface area contributed by atoms with Gasteiger partial charge in [-0.2, -0.15) is 0 Å². The van der Waals surface area contributed by atoms with Crippen LogP contribution in [0.25, 0.3) is 0 Å². The van der Waals surface area contributed by atoms with E-state index in [1.54, 1.807) is 18.4 Å². The molecule has 0 bridgehead atoms. The quantitative estimate of drug-likeness (QED) is 0.671. The summed E-state index contributed by atoms with van der Waals surface area (Å²) < 4.78 is 14.0. The molecule has 0 saturated heterocycles. The second kappa shape index (κ2) is 5.98. The molecule has 3 N–H and O–H groups in total. The molecule has 0 aliphatic carbocycles. The fourth-order valence-electron chi connectivity index (χ4n) is 1.80. The van der Waals surface area contributed by atoms with Crippen molar-refractivity contribution in [2.24, 2.45) is 5.84 Å². The van der Waals surface area contributed by atoms with Crippen molar-refractivity contribution in [1.29, 1.82) is 0 Å². The molecule has 0 radical (unpaired) electrons. The molecule has 2 heterocycles. The molecule has 5 nitrogen and oxygen atoms in total. The summed E-state index contributed by atoms with van der Waals surface area (Å²) >= 11 is 1.55. The van der Waals surface area contributed by atoms with E-state index in [0.29, 0.717) is 0 Å². The Hall–Kier alpha value is -1.99. The number of nitrogens with zero attached hydrogens (tertiary/aromatic N) is 2. The summed E-state index contributed by atoms with van der Waals surface area (Å²) in [5, 5.41) is 1.94. The van der Waals surface area contributed by atoms with Gasteiger partial charge in [0.2, 0.25) is 0 Å². The van der Waals surface area contributed by atoms with E-state index in [2.05, 4.69) is 10.4 Å². The highest BCUT2D eigenvalue weighted by atomic mass is 32.1. The summed E-state index contributed by atoms with van der Waals surface area (Å²) in [4.78, 5) is 18.6. The van der Waals surface area contributed by atoms with E-state index in [1.807, 2.05) is 24.4 Å². The van der Waals surface area contributed by atoms with Crippen molar-refractivity contribution >= 4 is 23.1 Å². The molecule has 2 rings (SSSR count). The van der Waals surface area contributed by atoms with Crippen molar-refractivity contribution in [1.82, 2.24) is 9.88 Å². The van der Waals surface area contributed by atoms with Gasteiger partial charge in [-0.25, -0.2) is 15.2 Å². The standard InChI is InChI=1S/C13H15FN4OS/c1-8(10-4-3-7-20-10)18(2)13(19)9-5-6-16-12(17-15)11(9)14/h3-8H,15H2,1-2H3,(H,16,17). The van der Waals surface area contributed by atoms with Crippen LogP contribution in [0, 0.1) is 5.82 Å². The van der Waals surface area contributed by atoms with Crippen LogP contribution in [0.1, 0.15) is 28.2 Å². The summed E-state index contributed by atoms with van der Waals surface area (Å²) in [5.74, 6) is 3.85. The summed E-state index contributed by atoms with van der Waals surface area (Å²) in [7, 11) is 1.64. The number of carbonyl (C=O) groups excluding carboxylic acids is 1. The monoisotopic (exact) mass is 294 g/mol. The van der Waals surface area contributed by atoms with Gasteiger partial charge in [0.25, 0.3) is 5.91 Å². The lowest BCUT2D eigenvalue weighted by molar-refractivity contribution is 0.0740. The van der Waals surface area contributed by atoms with Crippen LogP contribution in [0.2, 0.25) is 0 Å². The lowest BCUT2D eigenvalue weighted by Gasteiger charge is -2.24. The topological polar surface area (TPSA) is 71.2 Å². The third kappa shape index (κ3) is 2.63. The third-order valence-corrected chi connectivity index (χ3v) is 4.16. The molecule has 2 aromatic rings. The summed E-state index contributed by atoms with van der Waals surface area (Å²) in [6.45, 7) is 1.89. The second-order valence-electron chi connectivity index (χ2n) is 4.27. The lowest BCUT2D eigenvalue weighted by atomic mass is 10.1. The maximum absolute atomic E-state index is 14.0. The highest BCUT2D eigenvalue weighted by Crippen LogP contribution is 2.25. The molecular weight excluding hydrogens is 279 g/mol. The van der Waals surface area contributed by atoms with Crippen LogP contribution in [0.5, 0.6) is 0 Å². The number of hydrogen-bond acceptors (Lipinski definition) is 5. The first-order chi connectivity index (χ1) is 9.56. The maximum Gasteiger partial charge on any atom is 0.257 e. The Bertz CT molecular complexity index is 602. The molecule has 1 unspecified atom stereocenters. The number of thiophene rings is 1. The van der Waals surface area contributed by atoms with Gasteiger partial charge in [-0.1, -0.05) is 6.07 Å². The number of halogens is 1. The minimum Gasteiger partial charge on any atom is -0.334 e. The minimum absolute atomic E-state index is 0.0566. The molecular formula is C13H15FN4OS. The number of nitrogen functional groups attached to an aromatic ring is 1. The van der Waals surface area contributed by atoms with Gasteiger partial charge in [0, 0.05) is 18.1 Å². The molecule has 0 spiro atoms. The first kappa shape index (κ1) is 14.4. The predicted molar refractivity (Wildman–Crippen MR) is 76.8 cm³/mol. The number of amides is 1. The van der Waals surface area contributed by atoms with Gasteiger partial charge < -0.3 is 10.3 Å². The third-order valence-electron chi connectivity index (χ3n) is 3.11. The highest BCUT2D eigenvalue weighted by Gasteiger charge is 2.23. The zero-order valence-electron chi connectivity index (χ0n) is 11.1. The average molecular weight is 294 g/mol. The van der Waals surface area contributed by atoms with Crippen molar-refractivity contribution in [3.63, 3.8) is 0 Å². The first-order valence-electron chi connectivity index (χ1n) is 5.98. The highest BCUT2D eigenvalue weighted by molar-refractivity contribution is 7.10. The van der Waals surface area contributed by atoms with Crippen LogP contribution in [0.15, 0.2) is 29.8 Å². The summed E-state index contributed by atoms with van der Waals surface area (Å²) in [6, 6.07) is 5.06. The zero-order chi connectivity index (χ0) is 14.7. The molecule has 0 aliphatic rings. The number of carbonyl (C=O) groups is 1. The van der Waals surface area contributed by atoms with Crippen LogP contribution < -0.4 is 11.3 Å². The largest absolute Gasteiger partial charge is 0.334 e. The maximum atomic E-state index is 14.0. The normalized spacial score (nSPS) is 12.0. The van der Waals surface area contributed by atoms with Crippen molar-refractivity contribution < 1.29 is 9.18 Å². The van der Waals surface area contributed by atoms with Crippen molar-refractivity contribution in [3.05, 3.63) is 46.0 Å². The average Bonchev–Trinajstić information content (AvgIpc) is 2.99. The van der Waals surface area contributed by atoms with E-state index < -0.39 is 11.7 Å². The fraction of sp³-hybridized carbons (Fsp3) is 0.231. The van der Waals surface area contributed by atoms with E-state index in [9.17, 15) is 9.18 Å². The fourth-order valence-corrected chi connectivity index (χ4v) is 2.62. The lowest BCUT2D eigenvalue weighted by Crippen LogP contribution is -2.30. The number of nitrogens with one attached hydrogen (secondary N) is 1. The molecule has 0 aromatic carbocycles. The number of hydrazine groups is 1. The number of aromatic nitrogens is 1. The van der Waals surface area contributed by atoms with Crippen molar-refractivity contribution in [2.75, 3.05) is 12.5 Å². The number of rotatable bonds is 4. The molecule has 1 atom stereocenters. The Kier molecular flexibility index (Phi) is 4.31.